The predicted molar refractivity (Wildman–Crippen MR) is 172 cm³/mol. The molecule has 0 saturated carbocycles. The van der Waals surface area contributed by atoms with Gasteiger partial charge in [-0.2, -0.15) is 5.26 Å². The van der Waals surface area contributed by atoms with Crippen molar-refractivity contribution in [2.45, 2.75) is 18.9 Å². The van der Waals surface area contributed by atoms with Crippen LogP contribution in [0.15, 0.2) is 90.3 Å². The molecule has 1 saturated heterocycles. The van der Waals surface area contributed by atoms with Crippen LogP contribution >= 0.6 is 11.3 Å². The smallest absolute Gasteiger partial charge is 0.305 e. The minimum atomic E-state index is -1.04. The molecule has 0 radical (unpaired) electrons. The van der Waals surface area contributed by atoms with Gasteiger partial charge in [-0.05, 0) is 72.5 Å². The Morgan fingerprint density at radius 2 is 1.60 bits per heavy atom. The fourth-order valence-corrected chi connectivity index (χ4v) is 5.97. The molecule has 1 unspecified atom stereocenters. The molecule has 3 amide bonds. The van der Waals surface area contributed by atoms with Gasteiger partial charge >= 0.3 is 5.97 Å². The zero-order chi connectivity index (χ0) is 31.8. The number of thiophene rings is 1. The van der Waals surface area contributed by atoms with Crippen molar-refractivity contribution >= 4 is 46.4 Å². The van der Waals surface area contributed by atoms with E-state index in [1.54, 1.807) is 66.7 Å². The molecule has 0 aliphatic carbocycles. The molecule has 3 N–H and O–H groups in total. The Hall–Kier alpha value is -5.47. The Labute approximate surface area is 264 Å². The summed E-state index contributed by atoms with van der Waals surface area (Å²) in [7, 11) is 0. The second-order valence-electron chi connectivity index (χ2n) is 10.5. The number of nitrogens with zero attached hydrogens (tertiary/aromatic N) is 3. The van der Waals surface area contributed by atoms with Crippen LogP contribution < -0.4 is 15.5 Å². The van der Waals surface area contributed by atoms with Crippen molar-refractivity contribution in [2.75, 3.05) is 36.4 Å². The lowest BCUT2D eigenvalue weighted by Gasteiger charge is -2.27. The van der Waals surface area contributed by atoms with Crippen LogP contribution in [-0.2, 0) is 4.79 Å². The van der Waals surface area contributed by atoms with E-state index in [1.165, 1.54) is 11.3 Å². The van der Waals surface area contributed by atoms with Gasteiger partial charge in [0.15, 0.2) is 0 Å². The standard InChI is InChI=1S/C34H31N5O5S/c35-22-23-9-11-24(12-10-23)32(42)36-27-20-26(33(43)37-28(21-31(40)41)30-8-4-19-45-30)13-14-29(27)38-15-5-16-39(18-17-38)34(44)25-6-2-1-3-7-25/h1-4,6-14,19-20,28H,5,15-18,21H2,(H,36,42)(H,37,43)(H,40,41). The van der Waals surface area contributed by atoms with Crippen molar-refractivity contribution in [3.05, 3.63) is 117 Å². The van der Waals surface area contributed by atoms with Gasteiger partial charge in [0.05, 0.1) is 35.5 Å². The van der Waals surface area contributed by atoms with Crippen LogP contribution in [0.3, 0.4) is 0 Å². The highest BCUT2D eigenvalue weighted by molar-refractivity contribution is 7.10. The number of nitriles is 1. The number of aliphatic carboxylic acids is 1. The maximum atomic E-state index is 13.4. The summed E-state index contributed by atoms with van der Waals surface area (Å²) in [4.78, 5) is 56.0. The van der Waals surface area contributed by atoms with Crippen molar-refractivity contribution in [1.82, 2.24) is 10.2 Å². The Bertz CT molecular complexity index is 1720. The molecule has 10 nitrogen and oxygen atoms in total. The molecule has 1 aliphatic rings. The van der Waals surface area contributed by atoms with E-state index >= 15 is 0 Å². The molecule has 1 atom stereocenters. The van der Waals surface area contributed by atoms with Gasteiger partial charge in [-0.1, -0.05) is 24.3 Å². The lowest BCUT2D eigenvalue weighted by molar-refractivity contribution is -0.137. The molecule has 1 fully saturated rings. The zero-order valence-electron chi connectivity index (χ0n) is 24.3. The maximum Gasteiger partial charge on any atom is 0.305 e. The van der Waals surface area contributed by atoms with Gasteiger partial charge in [-0.25, -0.2) is 0 Å². The molecule has 3 aromatic carbocycles. The average molecular weight is 622 g/mol. The van der Waals surface area contributed by atoms with Gasteiger partial charge < -0.3 is 25.5 Å². The molecule has 1 aromatic heterocycles. The van der Waals surface area contributed by atoms with E-state index in [9.17, 15) is 24.3 Å². The molecule has 0 spiro atoms. The highest BCUT2D eigenvalue weighted by Crippen LogP contribution is 2.30. The van der Waals surface area contributed by atoms with Gasteiger partial charge in [-0.3, -0.25) is 19.2 Å². The number of amides is 3. The van der Waals surface area contributed by atoms with Gasteiger partial charge in [0.1, 0.15) is 0 Å². The third-order valence-electron chi connectivity index (χ3n) is 7.50. The Balaban J connectivity index is 1.41. The Morgan fingerprint density at radius 3 is 2.29 bits per heavy atom. The maximum absolute atomic E-state index is 13.4. The molecule has 1 aliphatic heterocycles. The van der Waals surface area contributed by atoms with Gasteiger partial charge in [-0.15, -0.1) is 11.3 Å². The topological polar surface area (TPSA) is 143 Å². The fourth-order valence-electron chi connectivity index (χ4n) is 5.20. The van der Waals surface area contributed by atoms with Crippen LogP contribution in [0.4, 0.5) is 11.4 Å². The van der Waals surface area contributed by atoms with Crippen LogP contribution in [0.2, 0.25) is 0 Å². The summed E-state index contributed by atoms with van der Waals surface area (Å²) >= 11 is 1.36. The normalized spacial score (nSPS) is 13.7. The first kappa shape index (κ1) is 31.0. The van der Waals surface area contributed by atoms with E-state index in [4.69, 9.17) is 5.26 Å². The number of carbonyl (C=O) groups is 4. The van der Waals surface area contributed by atoms with Crippen molar-refractivity contribution < 1.29 is 24.3 Å². The second kappa shape index (κ2) is 14.3. The van der Waals surface area contributed by atoms with Crippen molar-refractivity contribution in [3.63, 3.8) is 0 Å². The fraction of sp³-hybridized carbons (Fsp3) is 0.206. The van der Waals surface area contributed by atoms with E-state index in [2.05, 4.69) is 15.5 Å². The number of benzene rings is 3. The first-order chi connectivity index (χ1) is 21.8. The largest absolute Gasteiger partial charge is 0.481 e. The monoisotopic (exact) mass is 621 g/mol. The van der Waals surface area contributed by atoms with Crippen molar-refractivity contribution in [3.8, 4) is 6.07 Å². The highest BCUT2D eigenvalue weighted by Gasteiger charge is 2.24. The molecule has 0 bridgehead atoms. The molecule has 2 heterocycles. The quantitative estimate of drug-likeness (QED) is 0.234. The summed E-state index contributed by atoms with van der Waals surface area (Å²) in [5.41, 5.74) is 2.71. The molecule has 11 heteroatoms. The number of nitrogens with one attached hydrogen (secondary N) is 2. The van der Waals surface area contributed by atoms with E-state index in [-0.39, 0.29) is 17.9 Å². The summed E-state index contributed by atoms with van der Waals surface area (Å²) in [5.74, 6) is -1.98. The SMILES string of the molecule is N#Cc1ccc(C(=O)Nc2cc(C(=O)NC(CC(=O)O)c3cccs3)ccc2N2CCCN(C(=O)c3ccccc3)CC2)cc1. The number of hydrogen-bond donors (Lipinski definition) is 3. The van der Waals surface area contributed by atoms with Crippen molar-refractivity contribution in [2.24, 2.45) is 0 Å². The summed E-state index contributed by atoms with van der Waals surface area (Å²) in [6.07, 6.45) is 0.417. The van der Waals surface area contributed by atoms with Gasteiger partial charge in [0.2, 0.25) is 0 Å². The molecule has 228 valence electrons. The minimum absolute atomic E-state index is 0.0412. The van der Waals surface area contributed by atoms with E-state index in [1.807, 2.05) is 34.5 Å². The number of rotatable bonds is 9. The van der Waals surface area contributed by atoms with Crippen LogP contribution in [0.1, 0.15) is 60.4 Å². The minimum Gasteiger partial charge on any atom is -0.481 e. The predicted octanol–water partition coefficient (Wildman–Crippen LogP) is 5.17. The first-order valence-electron chi connectivity index (χ1n) is 14.4. The molecular weight excluding hydrogens is 590 g/mol. The number of anilines is 2. The van der Waals surface area contributed by atoms with Gasteiger partial charge in [0.25, 0.3) is 17.7 Å². The number of hydrogen-bond acceptors (Lipinski definition) is 7. The van der Waals surface area contributed by atoms with Crippen molar-refractivity contribution in [1.29, 1.82) is 5.26 Å². The summed E-state index contributed by atoms with van der Waals surface area (Å²) < 4.78 is 0. The molecule has 5 rings (SSSR count). The van der Waals surface area contributed by atoms with Crippen LogP contribution in [-0.4, -0.2) is 59.9 Å². The lowest BCUT2D eigenvalue weighted by Crippen LogP contribution is -2.35. The van der Waals surface area contributed by atoms with E-state index in [0.29, 0.717) is 60.7 Å². The van der Waals surface area contributed by atoms with E-state index in [0.717, 1.165) is 4.88 Å². The van der Waals surface area contributed by atoms with Crippen LogP contribution in [0.25, 0.3) is 0 Å². The molecular formula is C34H31N5O5S. The van der Waals surface area contributed by atoms with Gasteiger partial charge in [0, 0.05) is 47.7 Å². The zero-order valence-corrected chi connectivity index (χ0v) is 25.1. The Morgan fingerprint density at radius 1 is 0.844 bits per heavy atom. The van der Waals surface area contributed by atoms with E-state index < -0.39 is 23.8 Å². The molecule has 45 heavy (non-hydrogen) atoms. The van der Waals surface area contributed by atoms with Crippen LogP contribution in [0.5, 0.6) is 0 Å². The average Bonchev–Trinajstić information content (AvgIpc) is 3.49. The third-order valence-corrected chi connectivity index (χ3v) is 8.48. The van der Waals surface area contributed by atoms with Crippen LogP contribution in [0, 0.1) is 11.3 Å². The first-order valence-corrected chi connectivity index (χ1v) is 15.3. The number of carboxylic acids is 1. The summed E-state index contributed by atoms with van der Waals surface area (Å²) in [5, 5.41) is 26.1. The lowest BCUT2D eigenvalue weighted by atomic mass is 10.1. The second-order valence-corrected chi connectivity index (χ2v) is 11.5. The Kier molecular flexibility index (Phi) is 9.87. The highest BCUT2D eigenvalue weighted by atomic mass is 32.1. The third kappa shape index (κ3) is 7.74. The summed E-state index contributed by atoms with van der Waals surface area (Å²) in [6.45, 7) is 2.16. The number of carbonyl (C=O) groups excluding carboxylic acids is 3. The number of carboxylic acid groups (broad SMARTS) is 1. The summed E-state index contributed by atoms with van der Waals surface area (Å²) in [6, 6.07) is 25.2. The molecule has 4 aromatic rings.